The van der Waals surface area contributed by atoms with Crippen LogP contribution in [0.2, 0.25) is 5.02 Å². The first kappa shape index (κ1) is 26.1. The van der Waals surface area contributed by atoms with Gasteiger partial charge in [0.15, 0.2) is 5.82 Å². The molecule has 2 aromatic heterocycles. The topological polar surface area (TPSA) is 101 Å². The molecular formula is C27H32ClN7O3. The van der Waals surface area contributed by atoms with Gasteiger partial charge in [0.1, 0.15) is 11.8 Å². The maximum atomic E-state index is 13.5. The van der Waals surface area contributed by atoms with Gasteiger partial charge < -0.3 is 19.4 Å². The predicted octanol–water partition coefficient (Wildman–Crippen LogP) is 3.43. The summed E-state index contributed by atoms with van der Waals surface area (Å²) in [7, 11) is 1.64. The molecule has 2 aromatic carbocycles. The van der Waals surface area contributed by atoms with Gasteiger partial charge in [-0.1, -0.05) is 17.7 Å². The molecule has 0 spiro atoms. The summed E-state index contributed by atoms with van der Waals surface area (Å²) < 4.78 is 12.7. The lowest BCUT2D eigenvalue weighted by molar-refractivity contribution is 0.171. The fourth-order valence-corrected chi connectivity index (χ4v) is 5.22. The van der Waals surface area contributed by atoms with Gasteiger partial charge in [-0.25, -0.2) is 4.68 Å². The van der Waals surface area contributed by atoms with E-state index < -0.39 is 6.04 Å². The molecule has 0 unspecified atom stereocenters. The Morgan fingerprint density at radius 3 is 2.68 bits per heavy atom. The van der Waals surface area contributed by atoms with E-state index in [-0.39, 0.29) is 5.56 Å². The molecule has 1 aliphatic rings. The third-order valence-electron chi connectivity index (χ3n) is 6.95. The summed E-state index contributed by atoms with van der Waals surface area (Å²) in [5, 5.41) is 14.2. The van der Waals surface area contributed by atoms with Gasteiger partial charge in [0, 0.05) is 60.5 Å². The number of aryl methyl sites for hydroxylation is 1. The molecular weight excluding hydrogens is 506 g/mol. The van der Waals surface area contributed by atoms with Gasteiger partial charge in [-0.05, 0) is 66.2 Å². The van der Waals surface area contributed by atoms with Crippen LogP contribution in [0.25, 0.3) is 10.9 Å². The number of halogens is 1. The van der Waals surface area contributed by atoms with Crippen LogP contribution in [0, 0.1) is 6.92 Å². The Labute approximate surface area is 226 Å². The van der Waals surface area contributed by atoms with Crippen molar-refractivity contribution in [1.82, 2.24) is 30.1 Å². The first-order valence-corrected chi connectivity index (χ1v) is 13.2. The molecule has 0 radical (unpaired) electrons. The van der Waals surface area contributed by atoms with Crippen LogP contribution >= 0.6 is 11.6 Å². The first-order valence-electron chi connectivity index (χ1n) is 12.8. The molecule has 1 aliphatic heterocycles. The van der Waals surface area contributed by atoms with Crippen LogP contribution in [0.4, 0.5) is 5.69 Å². The summed E-state index contributed by atoms with van der Waals surface area (Å²) in [5.41, 5.74) is 3.49. The van der Waals surface area contributed by atoms with E-state index in [1.165, 1.54) is 5.56 Å². The molecule has 0 bridgehead atoms. The summed E-state index contributed by atoms with van der Waals surface area (Å²) in [6.07, 6.45) is 0. The molecule has 10 nitrogen and oxygen atoms in total. The van der Waals surface area contributed by atoms with E-state index in [1.807, 2.05) is 49.4 Å². The van der Waals surface area contributed by atoms with Crippen LogP contribution in [-0.2, 0) is 11.3 Å². The summed E-state index contributed by atoms with van der Waals surface area (Å²) in [6, 6.07) is 13.1. The molecule has 200 valence electrons. The number of ether oxygens (including phenoxy) is 2. The number of anilines is 1. The van der Waals surface area contributed by atoms with Crippen molar-refractivity contribution in [2.45, 2.75) is 26.4 Å². The number of nitrogens with one attached hydrogen (secondary N) is 1. The maximum Gasteiger partial charge on any atom is 0.253 e. The maximum absolute atomic E-state index is 13.5. The Kier molecular flexibility index (Phi) is 7.92. The number of hydrogen-bond acceptors (Lipinski definition) is 8. The molecule has 5 rings (SSSR count). The zero-order chi connectivity index (χ0) is 26.6. The van der Waals surface area contributed by atoms with Crippen molar-refractivity contribution in [1.29, 1.82) is 0 Å². The number of fused-ring (bicyclic) bond motifs is 1. The molecule has 1 saturated heterocycles. The van der Waals surface area contributed by atoms with Crippen LogP contribution in [0.5, 0.6) is 5.75 Å². The number of aromatic amines is 1. The van der Waals surface area contributed by atoms with E-state index in [1.54, 1.807) is 11.8 Å². The number of benzene rings is 2. The van der Waals surface area contributed by atoms with Gasteiger partial charge in [0.05, 0.1) is 19.8 Å². The standard InChI is InChI=1S/C27H32ClN7O3/c1-4-38-21-7-8-23-19(15-21)16-22(27(36)29-23)25(26-30-31-32-35(26)13-14-37-3)34-11-9-33(10-12-34)24-17-20(28)6-5-18(24)2/h5-8,15-17,25H,4,9-14H2,1-3H3,(H,29,36)/t25-/m1/s1. The largest absolute Gasteiger partial charge is 0.494 e. The lowest BCUT2D eigenvalue weighted by atomic mass is 10.0. The second-order valence-corrected chi connectivity index (χ2v) is 9.78. The minimum Gasteiger partial charge on any atom is -0.494 e. The number of tetrazole rings is 1. The Hall–Kier alpha value is -3.47. The fourth-order valence-electron chi connectivity index (χ4n) is 5.05. The van der Waals surface area contributed by atoms with Crippen molar-refractivity contribution < 1.29 is 9.47 Å². The Morgan fingerprint density at radius 1 is 1.11 bits per heavy atom. The van der Waals surface area contributed by atoms with Crippen molar-refractivity contribution in [3.63, 3.8) is 0 Å². The monoisotopic (exact) mass is 537 g/mol. The smallest absolute Gasteiger partial charge is 0.253 e. The third kappa shape index (κ3) is 5.38. The highest BCUT2D eigenvalue weighted by atomic mass is 35.5. The van der Waals surface area contributed by atoms with E-state index in [4.69, 9.17) is 21.1 Å². The number of hydrogen-bond donors (Lipinski definition) is 1. The molecule has 3 heterocycles. The average molecular weight is 538 g/mol. The van der Waals surface area contributed by atoms with E-state index in [0.717, 1.165) is 40.5 Å². The molecule has 11 heteroatoms. The zero-order valence-corrected chi connectivity index (χ0v) is 22.6. The van der Waals surface area contributed by atoms with Crippen molar-refractivity contribution in [3.05, 3.63) is 74.8 Å². The zero-order valence-electron chi connectivity index (χ0n) is 21.9. The Bertz CT molecular complexity index is 1460. The highest BCUT2D eigenvalue weighted by Gasteiger charge is 2.33. The predicted molar refractivity (Wildman–Crippen MR) is 147 cm³/mol. The van der Waals surface area contributed by atoms with E-state index in [0.29, 0.717) is 44.2 Å². The molecule has 4 aromatic rings. The van der Waals surface area contributed by atoms with E-state index >= 15 is 0 Å². The van der Waals surface area contributed by atoms with Crippen LogP contribution < -0.4 is 15.2 Å². The molecule has 0 aliphatic carbocycles. The average Bonchev–Trinajstić information content (AvgIpc) is 3.38. The van der Waals surface area contributed by atoms with Gasteiger partial charge in [-0.2, -0.15) is 0 Å². The quantitative estimate of drug-likeness (QED) is 0.346. The van der Waals surface area contributed by atoms with E-state index in [2.05, 4.69) is 37.2 Å². The van der Waals surface area contributed by atoms with Gasteiger partial charge in [0.2, 0.25) is 0 Å². The number of methoxy groups -OCH3 is 1. The summed E-state index contributed by atoms with van der Waals surface area (Å²) in [4.78, 5) is 21.1. The van der Waals surface area contributed by atoms with Gasteiger partial charge >= 0.3 is 0 Å². The van der Waals surface area contributed by atoms with Gasteiger partial charge in [-0.15, -0.1) is 5.10 Å². The highest BCUT2D eigenvalue weighted by Crippen LogP contribution is 2.31. The number of rotatable bonds is 9. The fraction of sp³-hybridized carbons (Fsp3) is 0.407. The number of pyridine rings is 1. The van der Waals surface area contributed by atoms with Crippen molar-refractivity contribution in [2.24, 2.45) is 0 Å². The molecule has 0 amide bonds. The third-order valence-corrected chi connectivity index (χ3v) is 7.19. The van der Waals surface area contributed by atoms with Crippen LogP contribution in [0.3, 0.4) is 0 Å². The SMILES string of the molecule is CCOc1ccc2[nH]c(=O)c([C@H](c3nnnn3CCOC)N3CCN(c4cc(Cl)ccc4C)CC3)cc2c1. The summed E-state index contributed by atoms with van der Waals surface area (Å²) >= 11 is 6.30. The Morgan fingerprint density at radius 2 is 1.92 bits per heavy atom. The lowest BCUT2D eigenvalue weighted by Crippen LogP contribution is -2.49. The van der Waals surface area contributed by atoms with Crippen LogP contribution in [-0.4, -0.2) is 76.6 Å². The molecule has 1 N–H and O–H groups in total. The number of nitrogens with zero attached hydrogens (tertiary/aromatic N) is 6. The minimum absolute atomic E-state index is 0.166. The van der Waals surface area contributed by atoms with E-state index in [9.17, 15) is 4.79 Å². The molecule has 1 atom stereocenters. The minimum atomic E-state index is -0.437. The van der Waals surface area contributed by atoms with Crippen molar-refractivity contribution in [3.8, 4) is 5.75 Å². The highest BCUT2D eigenvalue weighted by molar-refractivity contribution is 6.30. The lowest BCUT2D eigenvalue weighted by Gasteiger charge is -2.40. The summed E-state index contributed by atoms with van der Waals surface area (Å²) in [6.45, 7) is 8.52. The Balaban J connectivity index is 1.52. The molecule has 38 heavy (non-hydrogen) atoms. The normalized spacial score (nSPS) is 15.2. The van der Waals surface area contributed by atoms with Gasteiger partial charge in [-0.3, -0.25) is 9.69 Å². The summed E-state index contributed by atoms with van der Waals surface area (Å²) in [5.74, 6) is 1.37. The van der Waals surface area contributed by atoms with Crippen LogP contribution in [0.1, 0.15) is 29.9 Å². The second kappa shape index (κ2) is 11.5. The van der Waals surface area contributed by atoms with Crippen molar-refractivity contribution in [2.75, 3.05) is 51.4 Å². The first-order chi connectivity index (χ1) is 18.5. The van der Waals surface area contributed by atoms with Crippen LogP contribution in [0.15, 0.2) is 47.3 Å². The van der Waals surface area contributed by atoms with Crippen molar-refractivity contribution >= 4 is 28.2 Å². The number of aromatic nitrogens is 5. The molecule has 1 fully saturated rings. The second-order valence-electron chi connectivity index (χ2n) is 9.35. The van der Waals surface area contributed by atoms with Gasteiger partial charge in [0.25, 0.3) is 5.56 Å². The number of piperazine rings is 1. The molecule has 0 saturated carbocycles. The number of H-pyrrole nitrogens is 1.